The van der Waals surface area contributed by atoms with Crippen molar-refractivity contribution in [3.8, 4) is 5.88 Å². The van der Waals surface area contributed by atoms with Crippen LogP contribution in [-0.4, -0.2) is 36.0 Å². The van der Waals surface area contributed by atoms with Gasteiger partial charge in [-0.1, -0.05) is 19.9 Å². The number of nitrogens with zero attached hydrogens (tertiary/aromatic N) is 2. The Balaban J connectivity index is 2.01. The molecule has 1 amide bonds. The second-order valence-corrected chi connectivity index (χ2v) is 4.78. The van der Waals surface area contributed by atoms with Gasteiger partial charge in [0.2, 0.25) is 5.88 Å². The molecule has 92 valence electrons. The van der Waals surface area contributed by atoms with Gasteiger partial charge in [-0.2, -0.15) is 0 Å². The highest BCUT2D eigenvalue weighted by atomic mass is 16.5. The lowest BCUT2D eigenvalue weighted by atomic mass is 9.88. The van der Waals surface area contributed by atoms with Crippen LogP contribution in [0.25, 0.3) is 0 Å². The van der Waals surface area contributed by atoms with E-state index in [0.29, 0.717) is 23.4 Å². The zero-order chi connectivity index (χ0) is 12.4. The summed E-state index contributed by atoms with van der Waals surface area (Å²) in [5.74, 6) is 1.75. The van der Waals surface area contributed by atoms with Gasteiger partial charge in [-0.05, 0) is 17.9 Å². The molecule has 1 aromatic rings. The van der Waals surface area contributed by atoms with Gasteiger partial charge in [0.05, 0.1) is 7.11 Å². The molecule has 0 radical (unpaired) electrons. The minimum Gasteiger partial charge on any atom is -0.481 e. The molecule has 4 heteroatoms. The van der Waals surface area contributed by atoms with Crippen molar-refractivity contribution in [3.63, 3.8) is 0 Å². The van der Waals surface area contributed by atoms with Gasteiger partial charge in [0.25, 0.3) is 5.91 Å². The number of carbonyl (C=O) groups is 1. The van der Waals surface area contributed by atoms with E-state index in [2.05, 4.69) is 18.8 Å². The van der Waals surface area contributed by atoms with Gasteiger partial charge in [0.1, 0.15) is 5.69 Å². The van der Waals surface area contributed by atoms with Crippen LogP contribution in [0.3, 0.4) is 0 Å². The second kappa shape index (κ2) is 4.73. The third-order valence-electron chi connectivity index (χ3n) is 3.29. The van der Waals surface area contributed by atoms with Crippen molar-refractivity contribution in [3.05, 3.63) is 23.9 Å². The average Bonchev–Trinajstić information content (AvgIpc) is 2.26. The lowest BCUT2D eigenvalue weighted by molar-refractivity contribution is 0.0401. The van der Waals surface area contributed by atoms with Crippen molar-refractivity contribution in [2.75, 3.05) is 20.2 Å². The zero-order valence-corrected chi connectivity index (χ0v) is 10.5. The second-order valence-electron chi connectivity index (χ2n) is 4.78. The van der Waals surface area contributed by atoms with Crippen LogP contribution in [0.2, 0.25) is 0 Å². The van der Waals surface area contributed by atoms with Crippen molar-refractivity contribution in [2.45, 2.75) is 13.8 Å². The van der Waals surface area contributed by atoms with E-state index in [9.17, 15) is 4.79 Å². The molecule has 0 unspecified atom stereocenters. The first kappa shape index (κ1) is 11.9. The highest BCUT2D eigenvalue weighted by molar-refractivity contribution is 5.92. The van der Waals surface area contributed by atoms with Crippen LogP contribution in [0.4, 0.5) is 0 Å². The Labute approximate surface area is 102 Å². The Morgan fingerprint density at radius 3 is 2.76 bits per heavy atom. The Kier molecular flexibility index (Phi) is 3.31. The molecule has 1 fully saturated rings. The van der Waals surface area contributed by atoms with E-state index >= 15 is 0 Å². The van der Waals surface area contributed by atoms with Crippen molar-refractivity contribution in [1.29, 1.82) is 0 Å². The molecule has 0 spiro atoms. The fourth-order valence-electron chi connectivity index (χ4n) is 1.91. The maximum atomic E-state index is 12.1. The first-order valence-corrected chi connectivity index (χ1v) is 5.92. The summed E-state index contributed by atoms with van der Waals surface area (Å²) in [4.78, 5) is 18.1. The van der Waals surface area contributed by atoms with Gasteiger partial charge in [0.15, 0.2) is 0 Å². The van der Waals surface area contributed by atoms with Crippen molar-refractivity contribution in [2.24, 2.45) is 11.8 Å². The molecule has 0 aromatic carbocycles. The number of methoxy groups -OCH3 is 1. The molecule has 4 nitrogen and oxygen atoms in total. The smallest absolute Gasteiger partial charge is 0.272 e. The molecule has 17 heavy (non-hydrogen) atoms. The van der Waals surface area contributed by atoms with Gasteiger partial charge in [-0.15, -0.1) is 0 Å². The first-order valence-electron chi connectivity index (χ1n) is 5.92. The Morgan fingerprint density at radius 1 is 1.47 bits per heavy atom. The number of carbonyl (C=O) groups excluding carboxylic acids is 1. The predicted octanol–water partition coefficient (Wildman–Crippen LogP) is 1.82. The molecule has 1 saturated heterocycles. The molecular formula is C13H18N2O2. The standard InChI is InChI=1S/C13H18N2O2/c1-9(2)10-7-15(8-10)13(16)11-5-4-6-12(14-11)17-3/h4-6,9-10H,7-8H2,1-3H3. The van der Waals surface area contributed by atoms with E-state index in [-0.39, 0.29) is 5.91 Å². The summed E-state index contributed by atoms with van der Waals surface area (Å²) in [6, 6.07) is 5.26. The number of amides is 1. The normalized spacial score (nSPS) is 15.9. The molecule has 0 bridgehead atoms. The Morgan fingerprint density at radius 2 is 2.18 bits per heavy atom. The number of hydrogen-bond donors (Lipinski definition) is 0. The third-order valence-corrected chi connectivity index (χ3v) is 3.29. The summed E-state index contributed by atoms with van der Waals surface area (Å²) in [5, 5.41) is 0. The quantitative estimate of drug-likeness (QED) is 0.801. The summed E-state index contributed by atoms with van der Waals surface area (Å²) in [7, 11) is 1.55. The first-order chi connectivity index (χ1) is 8.11. The van der Waals surface area contributed by atoms with E-state index in [1.807, 2.05) is 4.90 Å². The van der Waals surface area contributed by atoms with E-state index in [4.69, 9.17) is 4.74 Å². The number of likely N-dealkylation sites (tertiary alicyclic amines) is 1. The van der Waals surface area contributed by atoms with Gasteiger partial charge >= 0.3 is 0 Å². The van der Waals surface area contributed by atoms with Crippen LogP contribution < -0.4 is 4.74 Å². The SMILES string of the molecule is COc1cccc(C(=O)N2CC(C(C)C)C2)n1. The number of rotatable bonds is 3. The van der Waals surface area contributed by atoms with E-state index in [1.54, 1.807) is 25.3 Å². The molecule has 1 aliphatic heterocycles. The van der Waals surface area contributed by atoms with Crippen LogP contribution in [0, 0.1) is 11.8 Å². The molecule has 0 N–H and O–H groups in total. The topological polar surface area (TPSA) is 42.4 Å². The summed E-state index contributed by atoms with van der Waals surface area (Å²) in [6.45, 7) is 6.07. The van der Waals surface area contributed by atoms with Crippen LogP contribution >= 0.6 is 0 Å². The lowest BCUT2D eigenvalue weighted by Gasteiger charge is -2.41. The predicted molar refractivity (Wildman–Crippen MR) is 65.0 cm³/mol. The van der Waals surface area contributed by atoms with Crippen molar-refractivity contribution < 1.29 is 9.53 Å². The molecule has 1 aromatic heterocycles. The molecule has 0 saturated carbocycles. The number of pyridine rings is 1. The van der Waals surface area contributed by atoms with E-state index in [1.165, 1.54) is 0 Å². The van der Waals surface area contributed by atoms with Gasteiger partial charge < -0.3 is 9.64 Å². The van der Waals surface area contributed by atoms with Gasteiger partial charge in [-0.25, -0.2) is 4.98 Å². The third kappa shape index (κ3) is 2.40. The molecule has 2 heterocycles. The highest BCUT2D eigenvalue weighted by Gasteiger charge is 2.33. The maximum Gasteiger partial charge on any atom is 0.272 e. The van der Waals surface area contributed by atoms with Crippen LogP contribution in [-0.2, 0) is 0 Å². The largest absolute Gasteiger partial charge is 0.481 e. The molecular weight excluding hydrogens is 216 g/mol. The van der Waals surface area contributed by atoms with E-state index in [0.717, 1.165) is 13.1 Å². The molecule has 1 aliphatic rings. The number of aromatic nitrogens is 1. The van der Waals surface area contributed by atoms with Crippen molar-refractivity contribution in [1.82, 2.24) is 9.88 Å². The summed E-state index contributed by atoms with van der Waals surface area (Å²) < 4.78 is 5.01. The fourth-order valence-corrected chi connectivity index (χ4v) is 1.91. The molecule has 2 rings (SSSR count). The minimum atomic E-state index is 0.000741. The van der Waals surface area contributed by atoms with Crippen LogP contribution in [0.15, 0.2) is 18.2 Å². The average molecular weight is 234 g/mol. The molecule has 0 atom stereocenters. The summed E-state index contributed by atoms with van der Waals surface area (Å²) >= 11 is 0. The summed E-state index contributed by atoms with van der Waals surface area (Å²) in [6.07, 6.45) is 0. The van der Waals surface area contributed by atoms with Crippen LogP contribution in [0.5, 0.6) is 5.88 Å². The zero-order valence-electron chi connectivity index (χ0n) is 10.5. The monoisotopic (exact) mass is 234 g/mol. The Bertz CT molecular complexity index is 412. The number of ether oxygens (including phenoxy) is 1. The fraction of sp³-hybridized carbons (Fsp3) is 0.538. The van der Waals surface area contributed by atoms with Gasteiger partial charge in [-0.3, -0.25) is 4.79 Å². The lowest BCUT2D eigenvalue weighted by Crippen LogP contribution is -2.52. The molecule has 0 aliphatic carbocycles. The van der Waals surface area contributed by atoms with E-state index < -0.39 is 0 Å². The number of hydrogen-bond acceptors (Lipinski definition) is 3. The highest BCUT2D eigenvalue weighted by Crippen LogP contribution is 2.24. The minimum absolute atomic E-state index is 0.000741. The maximum absolute atomic E-state index is 12.1. The van der Waals surface area contributed by atoms with Crippen LogP contribution in [0.1, 0.15) is 24.3 Å². The summed E-state index contributed by atoms with van der Waals surface area (Å²) in [5.41, 5.74) is 0.464. The van der Waals surface area contributed by atoms with Crippen molar-refractivity contribution >= 4 is 5.91 Å². The Hall–Kier alpha value is -1.58. The van der Waals surface area contributed by atoms with Gasteiger partial charge in [0, 0.05) is 19.2 Å².